The minimum absolute atomic E-state index is 0.0441. The molecular weight excluding hydrogens is 354 g/mol. The summed E-state index contributed by atoms with van der Waals surface area (Å²) in [6.07, 6.45) is 1.57. The SMILES string of the molecule is COc1cccc(C=Nc2ccc(N=C3C(=O)Nc4ccccc43)cc2)c1O. The lowest BCUT2D eigenvalue weighted by Gasteiger charge is -2.04. The second kappa shape index (κ2) is 7.36. The van der Waals surface area contributed by atoms with E-state index in [2.05, 4.69) is 15.3 Å². The number of rotatable bonds is 4. The van der Waals surface area contributed by atoms with Crippen molar-refractivity contribution in [2.45, 2.75) is 0 Å². The highest BCUT2D eigenvalue weighted by molar-refractivity contribution is 6.54. The normalized spacial score (nSPS) is 14.3. The Morgan fingerprint density at radius 1 is 0.964 bits per heavy atom. The van der Waals surface area contributed by atoms with E-state index in [1.54, 1.807) is 48.7 Å². The molecule has 1 aliphatic rings. The molecule has 6 heteroatoms. The van der Waals surface area contributed by atoms with Crippen molar-refractivity contribution >= 4 is 34.9 Å². The number of benzene rings is 3. The number of aromatic hydroxyl groups is 1. The maximum Gasteiger partial charge on any atom is 0.275 e. The lowest BCUT2D eigenvalue weighted by molar-refractivity contribution is -0.110. The third-order valence-corrected chi connectivity index (χ3v) is 4.34. The molecule has 1 amide bonds. The first-order valence-corrected chi connectivity index (χ1v) is 8.65. The number of phenols is 1. The minimum Gasteiger partial charge on any atom is -0.504 e. The van der Waals surface area contributed by atoms with Gasteiger partial charge in [-0.1, -0.05) is 24.3 Å². The molecule has 28 heavy (non-hydrogen) atoms. The number of amides is 1. The second-order valence-corrected chi connectivity index (χ2v) is 6.13. The molecule has 0 spiro atoms. The van der Waals surface area contributed by atoms with Crippen LogP contribution in [0.25, 0.3) is 0 Å². The van der Waals surface area contributed by atoms with E-state index in [9.17, 15) is 9.90 Å². The molecule has 2 N–H and O–H groups in total. The van der Waals surface area contributed by atoms with E-state index in [0.29, 0.717) is 28.4 Å². The Kier molecular flexibility index (Phi) is 4.60. The number of ether oxygens (including phenoxy) is 1. The maximum absolute atomic E-state index is 12.1. The van der Waals surface area contributed by atoms with Crippen molar-refractivity contribution in [3.8, 4) is 11.5 Å². The van der Waals surface area contributed by atoms with E-state index in [1.165, 1.54) is 7.11 Å². The van der Waals surface area contributed by atoms with Crippen molar-refractivity contribution in [2.24, 2.45) is 9.98 Å². The Bertz CT molecular complexity index is 1100. The van der Waals surface area contributed by atoms with Gasteiger partial charge in [-0.3, -0.25) is 9.79 Å². The fraction of sp³-hybridized carbons (Fsp3) is 0.0455. The topological polar surface area (TPSA) is 83.3 Å². The van der Waals surface area contributed by atoms with Crippen LogP contribution in [0.2, 0.25) is 0 Å². The van der Waals surface area contributed by atoms with Gasteiger partial charge < -0.3 is 15.2 Å². The highest BCUT2D eigenvalue weighted by Gasteiger charge is 2.25. The Morgan fingerprint density at radius 2 is 1.71 bits per heavy atom. The zero-order chi connectivity index (χ0) is 19.5. The molecule has 1 aliphatic heterocycles. The van der Waals surface area contributed by atoms with Gasteiger partial charge in [0.2, 0.25) is 0 Å². The van der Waals surface area contributed by atoms with E-state index in [4.69, 9.17) is 4.74 Å². The van der Waals surface area contributed by atoms with Gasteiger partial charge in [0.1, 0.15) is 5.71 Å². The summed E-state index contributed by atoms with van der Waals surface area (Å²) in [4.78, 5) is 21.0. The number of phenolic OH excluding ortho intramolecular Hbond substituents is 1. The zero-order valence-corrected chi connectivity index (χ0v) is 15.1. The third-order valence-electron chi connectivity index (χ3n) is 4.34. The molecule has 0 saturated carbocycles. The quantitative estimate of drug-likeness (QED) is 0.674. The van der Waals surface area contributed by atoms with Crippen LogP contribution in [0.15, 0.2) is 76.7 Å². The second-order valence-electron chi connectivity index (χ2n) is 6.13. The molecule has 1 heterocycles. The Balaban J connectivity index is 1.56. The number of fused-ring (bicyclic) bond motifs is 1. The van der Waals surface area contributed by atoms with E-state index in [1.807, 2.05) is 24.3 Å². The summed E-state index contributed by atoms with van der Waals surface area (Å²) in [6, 6.07) is 19.8. The van der Waals surface area contributed by atoms with Gasteiger partial charge in [0.05, 0.1) is 24.2 Å². The fourth-order valence-electron chi connectivity index (χ4n) is 2.91. The molecule has 6 nitrogen and oxygen atoms in total. The average molecular weight is 371 g/mol. The van der Waals surface area contributed by atoms with E-state index < -0.39 is 0 Å². The summed E-state index contributed by atoms with van der Waals surface area (Å²) in [5, 5.41) is 12.9. The summed E-state index contributed by atoms with van der Waals surface area (Å²) >= 11 is 0. The Labute approximate surface area is 161 Å². The van der Waals surface area contributed by atoms with E-state index in [0.717, 1.165) is 11.3 Å². The number of hydrogen-bond acceptors (Lipinski definition) is 5. The van der Waals surface area contributed by atoms with Crippen molar-refractivity contribution < 1.29 is 14.6 Å². The third kappa shape index (κ3) is 3.35. The lowest BCUT2D eigenvalue weighted by Crippen LogP contribution is -2.13. The Morgan fingerprint density at radius 3 is 2.50 bits per heavy atom. The van der Waals surface area contributed by atoms with Crippen LogP contribution in [0, 0.1) is 0 Å². The van der Waals surface area contributed by atoms with E-state index in [-0.39, 0.29) is 11.7 Å². The number of carbonyl (C=O) groups is 1. The minimum atomic E-state index is -0.211. The fourth-order valence-corrected chi connectivity index (χ4v) is 2.91. The van der Waals surface area contributed by atoms with Gasteiger partial charge in [-0.15, -0.1) is 0 Å². The average Bonchev–Trinajstić information content (AvgIpc) is 3.03. The first-order valence-electron chi connectivity index (χ1n) is 8.65. The monoisotopic (exact) mass is 371 g/mol. The first kappa shape index (κ1) is 17.5. The molecule has 0 unspecified atom stereocenters. The number of para-hydroxylation sites is 2. The van der Waals surface area contributed by atoms with Crippen LogP contribution in [-0.2, 0) is 4.79 Å². The molecule has 4 rings (SSSR count). The van der Waals surface area contributed by atoms with Gasteiger partial charge in [-0.25, -0.2) is 4.99 Å². The van der Waals surface area contributed by atoms with Crippen LogP contribution in [0.4, 0.5) is 17.1 Å². The summed E-state index contributed by atoms with van der Waals surface area (Å²) < 4.78 is 5.09. The van der Waals surface area contributed by atoms with Crippen molar-refractivity contribution in [3.63, 3.8) is 0 Å². The van der Waals surface area contributed by atoms with Crippen molar-refractivity contribution in [1.82, 2.24) is 0 Å². The van der Waals surface area contributed by atoms with Gasteiger partial charge in [0, 0.05) is 17.3 Å². The largest absolute Gasteiger partial charge is 0.504 e. The highest BCUT2D eigenvalue weighted by Crippen LogP contribution is 2.29. The van der Waals surface area contributed by atoms with Crippen LogP contribution >= 0.6 is 0 Å². The predicted molar refractivity (Wildman–Crippen MR) is 110 cm³/mol. The number of anilines is 1. The molecule has 0 aromatic heterocycles. The van der Waals surface area contributed by atoms with Crippen LogP contribution < -0.4 is 10.1 Å². The van der Waals surface area contributed by atoms with Crippen LogP contribution in [0.5, 0.6) is 11.5 Å². The molecule has 0 saturated heterocycles. The lowest BCUT2D eigenvalue weighted by atomic mass is 10.1. The van der Waals surface area contributed by atoms with Crippen LogP contribution in [0.1, 0.15) is 11.1 Å². The number of nitrogens with zero attached hydrogens (tertiary/aromatic N) is 2. The molecular formula is C22H17N3O3. The summed E-state index contributed by atoms with van der Waals surface area (Å²) in [5.41, 5.74) is 3.87. The summed E-state index contributed by atoms with van der Waals surface area (Å²) in [6.45, 7) is 0. The van der Waals surface area contributed by atoms with Crippen LogP contribution in [-0.4, -0.2) is 30.0 Å². The molecule has 0 aliphatic carbocycles. The molecule has 0 atom stereocenters. The smallest absolute Gasteiger partial charge is 0.275 e. The predicted octanol–water partition coefficient (Wildman–Crippen LogP) is 4.22. The van der Waals surface area contributed by atoms with Crippen molar-refractivity contribution in [2.75, 3.05) is 12.4 Å². The van der Waals surface area contributed by atoms with Gasteiger partial charge in [-0.2, -0.15) is 0 Å². The number of nitrogens with one attached hydrogen (secondary N) is 1. The van der Waals surface area contributed by atoms with Crippen molar-refractivity contribution in [3.05, 3.63) is 77.9 Å². The van der Waals surface area contributed by atoms with Gasteiger partial charge >= 0.3 is 0 Å². The Hall–Kier alpha value is -3.93. The molecule has 3 aromatic carbocycles. The summed E-state index contributed by atoms with van der Waals surface area (Å²) in [5.74, 6) is 0.227. The highest BCUT2D eigenvalue weighted by atomic mass is 16.5. The molecule has 0 radical (unpaired) electrons. The van der Waals surface area contributed by atoms with Crippen LogP contribution in [0.3, 0.4) is 0 Å². The molecule has 0 bridgehead atoms. The molecule has 0 fully saturated rings. The number of carbonyl (C=O) groups excluding carboxylic acids is 1. The molecule has 3 aromatic rings. The maximum atomic E-state index is 12.1. The van der Waals surface area contributed by atoms with Gasteiger partial charge in [0.15, 0.2) is 11.5 Å². The van der Waals surface area contributed by atoms with Gasteiger partial charge in [0.25, 0.3) is 5.91 Å². The van der Waals surface area contributed by atoms with Crippen molar-refractivity contribution in [1.29, 1.82) is 0 Å². The number of aliphatic imine (C=N–C) groups is 2. The first-order chi connectivity index (χ1) is 13.7. The number of hydrogen-bond donors (Lipinski definition) is 2. The molecule has 138 valence electrons. The zero-order valence-electron chi connectivity index (χ0n) is 15.1. The van der Waals surface area contributed by atoms with Gasteiger partial charge in [-0.05, 0) is 42.5 Å². The van der Waals surface area contributed by atoms with E-state index >= 15 is 0 Å². The standard InChI is InChI=1S/C22H17N3O3/c1-28-19-8-4-5-14(21(19)26)13-23-15-9-11-16(12-10-15)24-20-17-6-2-3-7-18(17)25-22(20)27/h2-13,26H,1H3,(H,24,25,27). The summed E-state index contributed by atoms with van der Waals surface area (Å²) in [7, 11) is 1.50. The number of methoxy groups -OCH3 is 1.